The van der Waals surface area contributed by atoms with Crippen LogP contribution < -0.4 is 15.0 Å². The van der Waals surface area contributed by atoms with Crippen LogP contribution in [0.3, 0.4) is 0 Å². The Bertz CT molecular complexity index is 1300. The number of ether oxygens (including phenoxy) is 1. The van der Waals surface area contributed by atoms with Gasteiger partial charge in [-0.1, -0.05) is 13.8 Å². The zero-order valence-electron chi connectivity index (χ0n) is 20.3. The number of Topliss-reactive ketones (excluding diaryl/α,β-unsaturated/α-hetero) is 1. The van der Waals surface area contributed by atoms with Gasteiger partial charge >= 0.3 is 0 Å². The zero-order chi connectivity index (χ0) is 25.8. The number of carbonyl (C=O) groups is 3. The first-order valence-corrected chi connectivity index (χ1v) is 11.6. The Morgan fingerprint density at radius 1 is 1.03 bits per heavy atom. The molecule has 1 aliphatic rings. The van der Waals surface area contributed by atoms with E-state index in [0.717, 1.165) is 0 Å². The van der Waals surface area contributed by atoms with Crippen LogP contribution >= 0.6 is 0 Å². The highest BCUT2D eigenvalue weighted by Crippen LogP contribution is 2.42. The maximum Gasteiger partial charge on any atom is 0.300 e. The van der Waals surface area contributed by atoms with Crippen molar-refractivity contribution in [2.75, 3.05) is 16.8 Å². The van der Waals surface area contributed by atoms with E-state index in [1.807, 2.05) is 13.8 Å². The quantitative estimate of drug-likeness (QED) is 0.285. The van der Waals surface area contributed by atoms with Crippen LogP contribution in [0.1, 0.15) is 37.9 Å². The molecule has 0 aliphatic carbocycles. The normalized spacial score (nSPS) is 16.9. The van der Waals surface area contributed by atoms with Crippen LogP contribution in [0.15, 0.2) is 78.6 Å². The molecule has 8 nitrogen and oxygen atoms in total. The van der Waals surface area contributed by atoms with Gasteiger partial charge in [-0.3, -0.25) is 24.3 Å². The number of aliphatic hydroxyl groups excluding tert-OH is 1. The van der Waals surface area contributed by atoms with Crippen LogP contribution in [0.5, 0.6) is 5.75 Å². The van der Waals surface area contributed by atoms with Crippen LogP contribution in [-0.2, 0) is 14.4 Å². The number of nitrogens with zero attached hydrogens (tertiary/aromatic N) is 2. The second-order valence-electron chi connectivity index (χ2n) is 8.91. The lowest BCUT2D eigenvalue weighted by Crippen LogP contribution is -2.29. The summed E-state index contributed by atoms with van der Waals surface area (Å²) in [6.45, 7) is 6.05. The van der Waals surface area contributed by atoms with Gasteiger partial charge in [0.1, 0.15) is 11.5 Å². The first-order valence-electron chi connectivity index (χ1n) is 11.6. The highest BCUT2D eigenvalue weighted by molar-refractivity contribution is 6.51. The molecule has 0 saturated carbocycles. The summed E-state index contributed by atoms with van der Waals surface area (Å²) in [4.78, 5) is 43.2. The number of carbonyl (C=O) groups excluding carboxylic acids is 3. The van der Waals surface area contributed by atoms with Crippen molar-refractivity contribution in [3.05, 3.63) is 89.8 Å². The minimum absolute atomic E-state index is 0.0204. The minimum atomic E-state index is -0.864. The Kier molecular flexibility index (Phi) is 7.15. The van der Waals surface area contributed by atoms with Crippen molar-refractivity contribution < 1.29 is 24.2 Å². The number of hydrogen-bond acceptors (Lipinski definition) is 6. The third-order valence-electron chi connectivity index (χ3n) is 5.64. The van der Waals surface area contributed by atoms with E-state index < -0.39 is 17.7 Å². The largest absolute Gasteiger partial charge is 0.507 e. The molecule has 0 spiro atoms. The molecule has 1 saturated heterocycles. The monoisotopic (exact) mass is 485 g/mol. The Hall–Kier alpha value is -4.46. The van der Waals surface area contributed by atoms with Crippen molar-refractivity contribution in [3.63, 3.8) is 0 Å². The molecule has 0 bridgehead atoms. The van der Waals surface area contributed by atoms with E-state index >= 15 is 0 Å². The first kappa shape index (κ1) is 24.7. The molecule has 8 heteroatoms. The predicted molar refractivity (Wildman–Crippen MR) is 137 cm³/mol. The van der Waals surface area contributed by atoms with Gasteiger partial charge in [0.2, 0.25) is 5.91 Å². The van der Waals surface area contributed by atoms with E-state index in [-0.39, 0.29) is 17.2 Å². The molecule has 36 heavy (non-hydrogen) atoms. The van der Waals surface area contributed by atoms with Gasteiger partial charge in [0, 0.05) is 36.3 Å². The van der Waals surface area contributed by atoms with Crippen molar-refractivity contribution in [1.82, 2.24) is 4.98 Å². The van der Waals surface area contributed by atoms with Crippen LogP contribution in [0, 0.1) is 5.92 Å². The van der Waals surface area contributed by atoms with Gasteiger partial charge in [-0.25, -0.2) is 0 Å². The number of aliphatic hydroxyl groups is 1. The maximum atomic E-state index is 13.2. The Morgan fingerprint density at radius 2 is 1.67 bits per heavy atom. The molecule has 4 rings (SSSR count). The second-order valence-corrected chi connectivity index (χ2v) is 8.91. The molecule has 2 N–H and O–H groups in total. The van der Waals surface area contributed by atoms with E-state index in [1.165, 1.54) is 11.8 Å². The van der Waals surface area contributed by atoms with Gasteiger partial charge in [0.15, 0.2) is 0 Å². The highest BCUT2D eigenvalue weighted by atomic mass is 16.5. The van der Waals surface area contributed by atoms with Crippen LogP contribution in [0.25, 0.3) is 5.76 Å². The molecule has 2 aromatic carbocycles. The smallest absolute Gasteiger partial charge is 0.300 e. The summed E-state index contributed by atoms with van der Waals surface area (Å²) in [6.07, 6.45) is 3.13. The van der Waals surface area contributed by atoms with Crippen LogP contribution in [0.2, 0.25) is 0 Å². The van der Waals surface area contributed by atoms with E-state index in [9.17, 15) is 19.5 Å². The number of pyridine rings is 1. The predicted octanol–water partition coefficient (Wildman–Crippen LogP) is 4.70. The molecule has 1 unspecified atom stereocenters. The fraction of sp³-hybridized carbons (Fsp3) is 0.214. The average Bonchev–Trinajstić information content (AvgIpc) is 3.13. The SMILES string of the molecule is CC(=O)Nc1ccc(N2C(=O)C(=O)/C(=C(\O)c3ccc(OCC(C)C)cc3)C2c2ccncc2)cc1. The van der Waals surface area contributed by atoms with Gasteiger partial charge in [0.05, 0.1) is 18.2 Å². The fourth-order valence-corrected chi connectivity index (χ4v) is 4.00. The summed E-state index contributed by atoms with van der Waals surface area (Å²) in [5.74, 6) is -1.04. The third kappa shape index (κ3) is 5.12. The van der Waals surface area contributed by atoms with Gasteiger partial charge in [-0.2, -0.15) is 0 Å². The molecule has 1 atom stereocenters. The molecule has 2 heterocycles. The maximum absolute atomic E-state index is 13.2. The summed E-state index contributed by atoms with van der Waals surface area (Å²) < 4.78 is 5.70. The van der Waals surface area contributed by atoms with Crippen molar-refractivity contribution >= 4 is 34.7 Å². The summed E-state index contributed by atoms with van der Waals surface area (Å²) in [5.41, 5.74) is 2.00. The lowest BCUT2D eigenvalue weighted by Gasteiger charge is -2.25. The van der Waals surface area contributed by atoms with Gasteiger partial charge < -0.3 is 15.2 Å². The van der Waals surface area contributed by atoms with Crippen molar-refractivity contribution in [3.8, 4) is 5.75 Å². The molecule has 1 aromatic heterocycles. The van der Waals surface area contributed by atoms with Gasteiger partial charge in [0.25, 0.3) is 11.7 Å². The molecular weight excluding hydrogens is 458 g/mol. The lowest BCUT2D eigenvalue weighted by atomic mass is 9.95. The fourth-order valence-electron chi connectivity index (χ4n) is 4.00. The molecule has 1 fully saturated rings. The summed E-state index contributed by atoms with van der Waals surface area (Å²) in [5, 5.41) is 13.9. The van der Waals surface area contributed by atoms with Gasteiger partial charge in [-0.05, 0) is 72.1 Å². The number of anilines is 2. The van der Waals surface area contributed by atoms with E-state index in [2.05, 4.69) is 10.3 Å². The number of rotatable bonds is 7. The topological polar surface area (TPSA) is 109 Å². The minimum Gasteiger partial charge on any atom is -0.507 e. The summed E-state index contributed by atoms with van der Waals surface area (Å²) in [7, 11) is 0. The standard InChI is InChI=1S/C28H27N3O5/c1-17(2)16-36-23-10-4-20(5-11-23)26(33)24-25(19-12-14-29-15-13-19)31(28(35)27(24)34)22-8-6-21(7-9-22)30-18(3)32/h4-15,17,25,33H,16H2,1-3H3,(H,30,32)/b26-24-. The first-order chi connectivity index (χ1) is 17.3. The average molecular weight is 486 g/mol. The molecular formula is C28H27N3O5. The summed E-state index contributed by atoms with van der Waals surface area (Å²) >= 11 is 0. The number of amides is 2. The molecule has 2 amide bonds. The van der Waals surface area contributed by atoms with Gasteiger partial charge in [-0.15, -0.1) is 0 Å². The number of nitrogens with one attached hydrogen (secondary N) is 1. The molecule has 3 aromatic rings. The lowest BCUT2D eigenvalue weighted by molar-refractivity contribution is -0.132. The van der Waals surface area contributed by atoms with E-state index in [1.54, 1.807) is 73.1 Å². The van der Waals surface area contributed by atoms with E-state index in [0.29, 0.717) is 40.8 Å². The highest BCUT2D eigenvalue weighted by Gasteiger charge is 2.46. The molecule has 184 valence electrons. The number of ketones is 1. The van der Waals surface area contributed by atoms with Crippen LogP contribution in [0.4, 0.5) is 11.4 Å². The zero-order valence-corrected chi connectivity index (χ0v) is 20.3. The Labute approximate surface area is 209 Å². The van der Waals surface area contributed by atoms with Crippen molar-refractivity contribution in [2.45, 2.75) is 26.8 Å². The Morgan fingerprint density at radius 3 is 2.25 bits per heavy atom. The van der Waals surface area contributed by atoms with Crippen LogP contribution in [-0.4, -0.2) is 34.3 Å². The molecule has 0 radical (unpaired) electrons. The van der Waals surface area contributed by atoms with E-state index in [4.69, 9.17) is 4.74 Å². The second kappa shape index (κ2) is 10.4. The number of aromatic nitrogens is 1. The summed E-state index contributed by atoms with van der Waals surface area (Å²) in [6, 6.07) is 15.9. The van der Waals surface area contributed by atoms with Crippen molar-refractivity contribution in [1.29, 1.82) is 0 Å². The number of benzene rings is 2. The third-order valence-corrected chi connectivity index (χ3v) is 5.64. The molecule has 1 aliphatic heterocycles. The number of hydrogen-bond donors (Lipinski definition) is 2. The van der Waals surface area contributed by atoms with Crippen molar-refractivity contribution in [2.24, 2.45) is 5.92 Å². The Balaban J connectivity index is 1.76.